The van der Waals surface area contributed by atoms with Crippen molar-refractivity contribution in [3.63, 3.8) is 0 Å². The van der Waals surface area contributed by atoms with E-state index in [0.717, 1.165) is 22.0 Å². The van der Waals surface area contributed by atoms with Crippen molar-refractivity contribution < 1.29 is 14.6 Å². The molecule has 0 saturated carbocycles. The van der Waals surface area contributed by atoms with E-state index in [-0.39, 0.29) is 0 Å². The number of benzene rings is 1. The van der Waals surface area contributed by atoms with Crippen LogP contribution < -0.4 is 10.1 Å². The number of rotatable bonds is 2. The summed E-state index contributed by atoms with van der Waals surface area (Å²) in [6, 6.07) is 3.08. The topological polar surface area (TPSA) is 58.6 Å². The van der Waals surface area contributed by atoms with Gasteiger partial charge in [0.1, 0.15) is 11.8 Å². The Morgan fingerprint density at radius 2 is 2.38 bits per heavy atom. The van der Waals surface area contributed by atoms with Gasteiger partial charge < -0.3 is 15.2 Å². The Bertz CT molecular complexity index is 433. The third-order valence-corrected chi connectivity index (χ3v) is 3.33. The largest absolute Gasteiger partial charge is 0.496 e. The number of carboxylic acid groups (broad SMARTS) is 1. The lowest BCUT2D eigenvalue weighted by atomic mass is 9.94. The molecule has 0 radical (unpaired) electrons. The van der Waals surface area contributed by atoms with E-state index in [9.17, 15) is 4.79 Å². The van der Waals surface area contributed by atoms with E-state index in [2.05, 4.69) is 21.2 Å². The molecule has 0 amide bonds. The summed E-state index contributed by atoms with van der Waals surface area (Å²) in [5.41, 5.74) is 1.85. The molecule has 86 valence electrons. The standard InChI is InChI=1S/C11H12BrNO3/c1-16-9-5-7-6(4-8(9)12)2-3-13-10(7)11(14)15/h4-5,10,13H,2-3H2,1H3,(H,14,15). The molecule has 1 aromatic carbocycles. The maximum atomic E-state index is 11.1. The summed E-state index contributed by atoms with van der Waals surface area (Å²) in [5.74, 6) is -0.195. The Labute approximate surface area is 102 Å². The number of hydrogen-bond donors (Lipinski definition) is 2. The smallest absolute Gasteiger partial charge is 0.325 e. The molecule has 1 aromatic rings. The van der Waals surface area contributed by atoms with Crippen molar-refractivity contribution in [1.29, 1.82) is 0 Å². The first-order valence-electron chi connectivity index (χ1n) is 4.96. The van der Waals surface area contributed by atoms with E-state index in [1.165, 1.54) is 0 Å². The predicted molar refractivity (Wildman–Crippen MR) is 62.8 cm³/mol. The van der Waals surface area contributed by atoms with Crippen LogP contribution in [0.15, 0.2) is 16.6 Å². The number of halogens is 1. The highest BCUT2D eigenvalue weighted by molar-refractivity contribution is 9.10. The van der Waals surface area contributed by atoms with Crippen LogP contribution in [0.2, 0.25) is 0 Å². The average molecular weight is 286 g/mol. The summed E-state index contributed by atoms with van der Waals surface area (Å²) < 4.78 is 6.03. The highest BCUT2D eigenvalue weighted by atomic mass is 79.9. The van der Waals surface area contributed by atoms with E-state index in [0.29, 0.717) is 12.3 Å². The fraction of sp³-hybridized carbons (Fsp3) is 0.364. The van der Waals surface area contributed by atoms with Crippen LogP contribution in [0.4, 0.5) is 0 Å². The SMILES string of the molecule is COc1cc2c(cc1Br)CCNC2C(=O)O. The number of fused-ring (bicyclic) bond motifs is 1. The van der Waals surface area contributed by atoms with Crippen molar-refractivity contribution in [2.24, 2.45) is 0 Å². The van der Waals surface area contributed by atoms with Gasteiger partial charge in [-0.25, -0.2) is 0 Å². The quantitative estimate of drug-likeness (QED) is 0.869. The van der Waals surface area contributed by atoms with Crippen LogP contribution in [0.5, 0.6) is 5.75 Å². The van der Waals surface area contributed by atoms with Gasteiger partial charge in [0.2, 0.25) is 0 Å². The zero-order chi connectivity index (χ0) is 11.7. The second-order valence-electron chi connectivity index (χ2n) is 3.66. The zero-order valence-electron chi connectivity index (χ0n) is 8.79. The van der Waals surface area contributed by atoms with Crippen LogP contribution in [-0.4, -0.2) is 24.7 Å². The number of carbonyl (C=O) groups is 1. The molecule has 1 atom stereocenters. The third-order valence-electron chi connectivity index (χ3n) is 2.71. The molecule has 0 bridgehead atoms. The van der Waals surface area contributed by atoms with Gasteiger partial charge in [0, 0.05) is 6.54 Å². The monoisotopic (exact) mass is 285 g/mol. The lowest BCUT2D eigenvalue weighted by Gasteiger charge is -2.24. The highest BCUT2D eigenvalue weighted by Gasteiger charge is 2.26. The molecule has 16 heavy (non-hydrogen) atoms. The summed E-state index contributed by atoms with van der Waals surface area (Å²) in [4.78, 5) is 11.1. The molecule has 2 rings (SSSR count). The number of ether oxygens (including phenoxy) is 1. The van der Waals surface area contributed by atoms with Crippen molar-refractivity contribution in [3.05, 3.63) is 27.7 Å². The van der Waals surface area contributed by atoms with E-state index < -0.39 is 12.0 Å². The van der Waals surface area contributed by atoms with Gasteiger partial charge >= 0.3 is 5.97 Å². The Balaban J connectivity index is 2.50. The fourth-order valence-electron chi connectivity index (χ4n) is 1.93. The first-order valence-corrected chi connectivity index (χ1v) is 5.75. The van der Waals surface area contributed by atoms with Gasteiger partial charge in [-0.05, 0) is 45.6 Å². The second kappa shape index (κ2) is 4.43. The summed E-state index contributed by atoms with van der Waals surface area (Å²) in [6.45, 7) is 0.683. The molecule has 0 aromatic heterocycles. The molecule has 0 saturated heterocycles. The summed E-state index contributed by atoms with van der Waals surface area (Å²) in [7, 11) is 1.57. The van der Waals surface area contributed by atoms with E-state index in [1.807, 2.05) is 6.07 Å². The van der Waals surface area contributed by atoms with E-state index in [4.69, 9.17) is 9.84 Å². The van der Waals surface area contributed by atoms with E-state index >= 15 is 0 Å². The Morgan fingerprint density at radius 3 is 3.00 bits per heavy atom. The number of nitrogens with one attached hydrogen (secondary N) is 1. The normalized spacial score (nSPS) is 19.0. The highest BCUT2D eigenvalue weighted by Crippen LogP contribution is 2.33. The van der Waals surface area contributed by atoms with Crippen molar-refractivity contribution in [2.75, 3.05) is 13.7 Å². The van der Waals surface area contributed by atoms with Crippen LogP contribution in [0.25, 0.3) is 0 Å². The molecule has 5 heteroatoms. The molecule has 0 spiro atoms. The molecular weight excluding hydrogens is 274 g/mol. The molecule has 1 aliphatic rings. The van der Waals surface area contributed by atoms with E-state index in [1.54, 1.807) is 13.2 Å². The van der Waals surface area contributed by atoms with Gasteiger partial charge in [0.15, 0.2) is 0 Å². The Kier molecular flexibility index (Phi) is 3.16. The minimum Gasteiger partial charge on any atom is -0.496 e. The van der Waals surface area contributed by atoms with Gasteiger partial charge in [-0.2, -0.15) is 0 Å². The van der Waals surface area contributed by atoms with Gasteiger partial charge in [-0.15, -0.1) is 0 Å². The average Bonchev–Trinajstić information content (AvgIpc) is 2.26. The first kappa shape index (κ1) is 11.4. The minimum atomic E-state index is -0.856. The number of methoxy groups -OCH3 is 1. The summed E-state index contributed by atoms with van der Waals surface area (Å²) in [5, 5.41) is 12.1. The maximum absolute atomic E-state index is 11.1. The van der Waals surface area contributed by atoms with Crippen molar-refractivity contribution in [2.45, 2.75) is 12.5 Å². The molecule has 4 nitrogen and oxygen atoms in total. The lowest BCUT2D eigenvalue weighted by Crippen LogP contribution is -2.35. The minimum absolute atomic E-state index is 0.634. The lowest BCUT2D eigenvalue weighted by molar-refractivity contribution is -0.139. The molecule has 1 unspecified atom stereocenters. The van der Waals surface area contributed by atoms with Crippen LogP contribution in [0, 0.1) is 0 Å². The number of aliphatic carboxylic acids is 1. The summed E-state index contributed by atoms with van der Waals surface area (Å²) >= 11 is 3.40. The van der Waals surface area contributed by atoms with Crippen molar-refractivity contribution in [1.82, 2.24) is 5.32 Å². The second-order valence-corrected chi connectivity index (χ2v) is 4.52. The molecule has 1 heterocycles. The molecule has 2 N–H and O–H groups in total. The van der Waals surface area contributed by atoms with Gasteiger partial charge in [0.05, 0.1) is 11.6 Å². The Hall–Kier alpha value is -1.07. The maximum Gasteiger partial charge on any atom is 0.325 e. The molecule has 0 fully saturated rings. The van der Waals surface area contributed by atoms with Gasteiger partial charge in [0.25, 0.3) is 0 Å². The third kappa shape index (κ3) is 1.92. The summed E-state index contributed by atoms with van der Waals surface area (Å²) in [6.07, 6.45) is 0.835. The Morgan fingerprint density at radius 1 is 1.62 bits per heavy atom. The van der Waals surface area contributed by atoms with Crippen molar-refractivity contribution in [3.8, 4) is 5.75 Å². The zero-order valence-corrected chi connectivity index (χ0v) is 10.4. The van der Waals surface area contributed by atoms with Gasteiger partial charge in [-0.3, -0.25) is 4.79 Å². The van der Waals surface area contributed by atoms with Crippen LogP contribution in [0.1, 0.15) is 17.2 Å². The van der Waals surface area contributed by atoms with Crippen LogP contribution in [0.3, 0.4) is 0 Å². The number of carboxylic acids is 1. The molecule has 1 aliphatic heterocycles. The molecule has 0 aliphatic carbocycles. The van der Waals surface area contributed by atoms with Gasteiger partial charge in [-0.1, -0.05) is 0 Å². The fourth-order valence-corrected chi connectivity index (χ4v) is 2.49. The van der Waals surface area contributed by atoms with Crippen molar-refractivity contribution >= 4 is 21.9 Å². The van der Waals surface area contributed by atoms with Crippen LogP contribution in [-0.2, 0) is 11.2 Å². The number of hydrogen-bond acceptors (Lipinski definition) is 3. The molecular formula is C11H12BrNO3. The van der Waals surface area contributed by atoms with Crippen LogP contribution >= 0.6 is 15.9 Å². The predicted octanol–water partition coefficient (Wildman–Crippen LogP) is 1.73. The first-order chi connectivity index (χ1) is 7.63.